The monoisotopic (exact) mass is 299 g/mol. The minimum absolute atomic E-state index is 0.182. The molecule has 3 nitrogen and oxygen atoms in total. The van der Waals surface area contributed by atoms with Crippen LogP contribution >= 0.6 is 11.6 Å². The predicted octanol–water partition coefficient (Wildman–Crippen LogP) is 3.24. The van der Waals surface area contributed by atoms with Crippen molar-refractivity contribution in [1.82, 2.24) is 0 Å². The summed E-state index contributed by atoms with van der Waals surface area (Å²) in [6.07, 6.45) is 0. The molecule has 0 heterocycles. The van der Waals surface area contributed by atoms with Gasteiger partial charge in [0.05, 0.1) is 0 Å². The van der Waals surface area contributed by atoms with Crippen LogP contribution in [0.4, 0.5) is 5.69 Å². The van der Waals surface area contributed by atoms with Crippen LogP contribution in [0.3, 0.4) is 0 Å². The third-order valence-electron chi connectivity index (χ3n) is 2.89. The quantitative estimate of drug-likeness (QED) is 0.836. The van der Waals surface area contributed by atoms with Crippen LogP contribution in [0, 0.1) is 18.8 Å². The molecule has 0 unspecified atom stereocenters. The number of amides is 1. The van der Waals surface area contributed by atoms with Gasteiger partial charge < -0.3 is 10.4 Å². The molecule has 2 N–H and O–H groups in total. The predicted molar refractivity (Wildman–Crippen MR) is 84.5 cm³/mol. The highest BCUT2D eigenvalue weighted by Crippen LogP contribution is 2.16. The van der Waals surface area contributed by atoms with Crippen LogP contribution in [0.15, 0.2) is 42.5 Å². The van der Waals surface area contributed by atoms with Crippen molar-refractivity contribution in [2.75, 3.05) is 11.9 Å². The van der Waals surface area contributed by atoms with Gasteiger partial charge in [0.1, 0.15) is 6.61 Å². The lowest BCUT2D eigenvalue weighted by Gasteiger charge is -2.07. The van der Waals surface area contributed by atoms with E-state index < -0.39 is 0 Å². The van der Waals surface area contributed by atoms with E-state index in [1.165, 1.54) is 0 Å². The fourth-order valence-corrected chi connectivity index (χ4v) is 1.94. The van der Waals surface area contributed by atoms with E-state index in [1.807, 2.05) is 6.92 Å². The molecule has 106 valence electrons. The Morgan fingerprint density at radius 2 is 1.95 bits per heavy atom. The van der Waals surface area contributed by atoms with Crippen LogP contribution in [0.2, 0.25) is 5.02 Å². The van der Waals surface area contributed by atoms with Crippen molar-refractivity contribution in [3.05, 3.63) is 64.2 Å². The molecule has 0 spiro atoms. The molecule has 2 aromatic carbocycles. The molecule has 0 bridgehead atoms. The highest BCUT2D eigenvalue weighted by atomic mass is 35.5. The van der Waals surface area contributed by atoms with Crippen LogP contribution in [-0.2, 0) is 0 Å². The summed E-state index contributed by atoms with van der Waals surface area (Å²) in [5, 5.41) is 12.1. The number of anilines is 1. The normalized spacial score (nSPS) is 9.67. The van der Waals surface area contributed by atoms with Crippen LogP contribution < -0.4 is 5.32 Å². The van der Waals surface area contributed by atoms with Crippen molar-refractivity contribution in [3.63, 3.8) is 0 Å². The lowest BCUT2D eigenvalue weighted by atomic mass is 10.0. The molecule has 0 aliphatic heterocycles. The second kappa shape index (κ2) is 6.94. The van der Waals surface area contributed by atoms with Gasteiger partial charge in [0.15, 0.2) is 0 Å². The number of halogens is 1. The molecule has 4 heteroatoms. The number of carbonyl (C=O) groups excluding carboxylic acids is 1. The highest BCUT2D eigenvalue weighted by Gasteiger charge is 2.07. The van der Waals surface area contributed by atoms with Gasteiger partial charge in [0.25, 0.3) is 5.91 Å². The average molecular weight is 300 g/mol. The van der Waals surface area contributed by atoms with Gasteiger partial charge in [-0.1, -0.05) is 23.4 Å². The molecule has 2 rings (SSSR count). The van der Waals surface area contributed by atoms with Crippen LogP contribution in [-0.4, -0.2) is 17.6 Å². The topological polar surface area (TPSA) is 49.3 Å². The molecule has 0 fully saturated rings. The summed E-state index contributed by atoms with van der Waals surface area (Å²) in [6, 6.07) is 12.2. The second-order valence-corrected chi connectivity index (χ2v) is 4.89. The fraction of sp³-hybridized carbons (Fsp3) is 0.118. The molecule has 2 aromatic rings. The number of carbonyl (C=O) groups is 1. The zero-order valence-electron chi connectivity index (χ0n) is 11.5. The summed E-state index contributed by atoms with van der Waals surface area (Å²) in [6.45, 7) is 1.69. The maximum atomic E-state index is 12.2. The average Bonchev–Trinajstić information content (AvgIpc) is 2.48. The van der Waals surface area contributed by atoms with Crippen molar-refractivity contribution in [2.45, 2.75) is 6.92 Å². The summed E-state index contributed by atoms with van der Waals surface area (Å²) in [5.74, 6) is 5.24. The SMILES string of the molecule is Cc1cc(C(=O)Nc2ccc(Cl)cc2)ccc1C#CCO. The van der Waals surface area contributed by atoms with Gasteiger partial charge in [0.2, 0.25) is 0 Å². The van der Waals surface area contributed by atoms with Gasteiger partial charge in [-0.3, -0.25) is 4.79 Å². The molecule has 0 radical (unpaired) electrons. The first kappa shape index (κ1) is 15.1. The first-order valence-electron chi connectivity index (χ1n) is 6.37. The maximum absolute atomic E-state index is 12.2. The molecule has 0 atom stereocenters. The van der Waals surface area contributed by atoms with Crippen molar-refractivity contribution in [2.24, 2.45) is 0 Å². The zero-order chi connectivity index (χ0) is 15.2. The molecule has 0 aliphatic carbocycles. The minimum Gasteiger partial charge on any atom is -0.384 e. The Kier molecular flexibility index (Phi) is 4.99. The van der Waals surface area contributed by atoms with Crippen LogP contribution in [0.5, 0.6) is 0 Å². The van der Waals surface area contributed by atoms with E-state index in [-0.39, 0.29) is 12.5 Å². The Morgan fingerprint density at radius 3 is 2.57 bits per heavy atom. The van der Waals surface area contributed by atoms with Gasteiger partial charge in [-0.25, -0.2) is 0 Å². The molecule has 0 aliphatic rings. The number of nitrogens with one attached hydrogen (secondary N) is 1. The molecule has 0 saturated carbocycles. The van der Waals surface area contributed by atoms with Crippen molar-refractivity contribution < 1.29 is 9.90 Å². The summed E-state index contributed by atoms with van der Waals surface area (Å²) in [4.78, 5) is 12.2. The smallest absolute Gasteiger partial charge is 0.255 e. The first-order valence-corrected chi connectivity index (χ1v) is 6.75. The van der Waals surface area contributed by atoms with Gasteiger partial charge in [-0.2, -0.15) is 0 Å². The summed E-state index contributed by atoms with van der Waals surface area (Å²) >= 11 is 5.80. The first-order chi connectivity index (χ1) is 10.1. The Hall–Kier alpha value is -2.28. The highest BCUT2D eigenvalue weighted by molar-refractivity contribution is 6.30. The van der Waals surface area contributed by atoms with Gasteiger partial charge in [-0.15, -0.1) is 0 Å². The summed E-state index contributed by atoms with van der Waals surface area (Å²) < 4.78 is 0. The van der Waals surface area contributed by atoms with Crippen molar-refractivity contribution in [1.29, 1.82) is 0 Å². The van der Waals surface area contributed by atoms with E-state index >= 15 is 0 Å². The molecular weight excluding hydrogens is 286 g/mol. The molecular formula is C17H14ClNO2. The van der Waals surface area contributed by atoms with Crippen LogP contribution in [0.1, 0.15) is 21.5 Å². The van der Waals surface area contributed by atoms with Gasteiger partial charge in [0, 0.05) is 21.8 Å². The minimum atomic E-state index is -0.193. The number of benzene rings is 2. The van der Waals surface area contributed by atoms with Crippen LogP contribution in [0.25, 0.3) is 0 Å². The van der Waals surface area contributed by atoms with E-state index in [0.717, 1.165) is 11.1 Å². The molecule has 0 aromatic heterocycles. The van der Waals surface area contributed by atoms with E-state index in [9.17, 15) is 4.79 Å². The zero-order valence-corrected chi connectivity index (χ0v) is 12.2. The Labute approximate surface area is 128 Å². The summed E-state index contributed by atoms with van der Waals surface area (Å²) in [5.41, 5.74) is 2.93. The Balaban J connectivity index is 2.16. The van der Waals surface area contributed by atoms with Crippen molar-refractivity contribution >= 4 is 23.2 Å². The maximum Gasteiger partial charge on any atom is 0.255 e. The number of aliphatic hydroxyl groups is 1. The Morgan fingerprint density at radius 1 is 1.24 bits per heavy atom. The second-order valence-electron chi connectivity index (χ2n) is 4.45. The van der Waals surface area contributed by atoms with E-state index in [2.05, 4.69) is 17.2 Å². The Bertz CT molecular complexity index is 712. The molecule has 21 heavy (non-hydrogen) atoms. The largest absolute Gasteiger partial charge is 0.384 e. The van der Waals surface area contributed by atoms with E-state index in [4.69, 9.17) is 16.7 Å². The number of hydrogen-bond acceptors (Lipinski definition) is 2. The third kappa shape index (κ3) is 4.09. The number of aliphatic hydroxyl groups excluding tert-OH is 1. The summed E-state index contributed by atoms with van der Waals surface area (Å²) in [7, 11) is 0. The van der Waals surface area contributed by atoms with E-state index in [1.54, 1.807) is 42.5 Å². The lowest BCUT2D eigenvalue weighted by molar-refractivity contribution is 0.102. The molecule has 0 saturated heterocycles. The number of rotatable bonds is 2. The fourth-order valence-electron chi connectivity index (χ4n) is 1.82. The van der Waals surface area contributed by atoms with Gasteiger partial charge >= 0.3 is 0 Å². The van der Waals surface area contributed by atoms with Gasteiger partial charge in [-0.05, 0) is 55.0 Å². The molecule has 1 amide bonds. The number of aryl methyl sites for hydroxylation is 1. The lowest BCUT2D eigenvalue weighted by Crippen LogP contribution is -2.12. The number of hydrogen-bond donors (Lipinski definition) is 2. The van der Waals surface area contributed by atoms with E-state index in [0.29, 0.717) is 16.3 Å². The van der Waals surface area contributed by atoms with Crippen molar-refractivity contribution in [3.8, 4) is 11.8 Å². The standard InChI is InChI=1S/C17H14ClNO2/c1-12-11-14(5-4-13(12)3-2-10-20)17(21)19-16-8-6-15(18)7-9-16/h4-9,11,20H,10H2,1H3,(H,19,21). The third-order valence-corrected chi connectivity index (χ3v) is 3.14.